The maximum atomic E-state index is 12.4. The van der Waals surface area contributed by atoms with Gasteiger partial charge in [-0.25, -0.2) is 0 Å². The lowest BCUT2D eigenvalue weighted by atomic mass is 10.1. The Labute approximate surface area is 97.4 Å². The molecule has 2 unspecified atom stereocenters. The first-order valence-corrected chi connectivity index (χ1v) is 6.80. The Morgan fingerprint density at radius 2 is 1.88 bits per heavy atom. The second-order valence-electron chi connectivity index (χ2n) is 5.94. The summed E-state index contributed by atoms with van der Waals surface area (Å²) in [4.78, 5) is 14.6. The Kier molecular flexibility index (Phi) is 2.66. The van der Waals surface area contributed by atoms with Gasteiger partial charge in [-0.05, 0) is 50.9 Å². The van der Waals surface area contributed by atoms with E-state index < -0.39 is 0 Å². The summed E-state index contributed by atoms with van der Waals surface area (Å²) in [5.41, 5.74) is 5.90. The predicted octanol–water partition coefficient (Wildman–Crippen LogP) is 1.51. The molecule has 2 N–H and O–H groups in total. The molecule has 3 heteroatoms. The highest BCUT2D eigenvalue weighted by atomic mass is 16.2. The van der Waals surface area contributed by atoms with Gasteiger partial charge in [-0.2, -0.15) is 0 Å². The Bertz CT molecular complexity index is 284. The quantitative estimate of drug-likeness (QED) is 0.784. The molecule has 0 spiro atoms. The summed E-state index contributed by atoms with van der Waals surface area (Å²) in [5, 5.41) is 0. The maximum Gasteiger partial charge on any atom is 0.225 e. The number of carbonyl (C=O) groups excluding carboxylic acids is 1. The van der Waals surface area contributed by atoms with Gasteiger partial charge in [0.15, 0.2) is 0 Å². The predicted molar refractivity (Wildman–Crippen MR) is 62.8 cm³/mol. The van der Waals surface area contributed by atoms with Crippen LogP contribution >= 0.6 is 0 Å². The van der Waals surface area contributed by atoms with E-state index in [2.05, 4.69) is 4.90 Å². The minimum atomic E-state index is 0.245. The van der Waals surface area contributed by atoms with Crippen LogP contribution in [-0.2, 0) is 4.79 Å². The highest BCUT2D eigenvalue weighted by molar-refractivity contribution is 5.80. The molecule has 16 heavy (non-hydrogen) atoms. The van der Waals surface area contributed by atoms with Gasteiger partial charge < -0.3 is 10.6 Å². The summed E-state index contributed by atoms with van der Waals surface area (Å²) in [6.45, 7) is 1.04. The number of hydrogen-bond acceptors (Lipinski definition) is 2. The van der Waals surface area contributed by atoms with E-state index in [-0.39, 0.29) is 12.0 Å². The molecule has 0 bridgehead atoms. The van der Waals surface area contributed by atoms with Crippen molar-refractivity contribution in [1.82, 2.24) is 4.90 Å². The van der Waals surface area contributed by atoms with E-state index in [1.807, 2.05) is 0 Å². The van der Waals surface area contributed by atoms with Crippen LogP contribution in [0.25, 0.3) is 0 Å². The van der Waals surface area contributed by atoms with Gasteiger partial charge in [0.2, 0.25) is 5.91 Å². The van der Waals surface area contributed by atoms with E-state index in [4.69, 9.17) is 5.73 Å². The second-order valence-corrected chi connectivity index (χ2v) is 5.94. The van der Waals surface area contributed by atoms with Crippen LogP contribution in [0.4, 0.5) is 0 Å². The molecule has 2 atom stereocenters. The monoisotopic (exact) mass is 222 g/mol. The molecule has 90 valence electrons. The second kappa shape index (κ2) is 4.02. The lowest BCUT2D eigenvalue weighted by Gasteiger charge is -2.25. The summed E-state index contributed by atoms with van der Waals surface area (Å²) in [6.07, 6.45) is 8.12. The topological polar surface area (TPSA) is 46.3 Å². The van der Waals surface area contributed by atoms with Crippen LogP contribution < -0.4 is 5.73 Å². The molecule has 0 radical (unpaired) electrons. The first kappa shape index (κ1) is 10.6. The van der Waals surface area contributed by atoms with Crippen molar-refractivity contribution in [3.63, 3.8) is 0 Å². The van der Waals surface area contributed by atoms with Crippen molar-refractivity contribution in [1.29, 1.82) is 0 Å². The average Bonchev–Trinajstić information content (AvgIpc) is 3.15. The summed E-state index contributed by atoms with van der Waals surface area (Å²) >= 11 is 0. The molecule has 3 rings (SSSR count). The third kappa shape index (κ3) is 2.24. The third-order valence-electron chi connectivity index (χ3n) is 4.24. The fraction of sp³-hybridized carbons (Fsp3) is 0.923. The molecule has 0 aliphatic heterocycles. The number of amides is 1. The normalized spacial score (nSPS) is 34.1. The van der Waals surface area contributed by atoms with Gasteiger partial charge >= 0.3 is 0 Å². The third-order valence-corrected chi connectivity index (χ3v) is 4.24. The van der Waals surface area contributed by atoms with Gasteiger partial charge in [0, 0.05) is 24.5 Å². The lowest BCUT2D eigenvalue weighted by molar-refractivity contribution is -0.136. The van der Waals surface area contributed by atoms with Crippen molar-refractivity contribution in [3.05, 3.63) is 0 Å². The number of rotatable bonds is 4. The lowest BCUT2D eigenvalue weighted by Crippen LogP contribution is -2.39. The minimum Gasteiger partial charge on any atom is -0.339 e. The fourth-order valence-corrected chi connectivity index (χ4v) is 2.86. The van der Waals surface area contributed by atoms with Gasteiger partial charge in [0.05, 0.1) is 0 Å². The van der Waals surface area contributed by atoms with Crippen molar-refractivity contribution < 1.29 is 4.79 Å². The van der Waals surface area contributed by atoms with Gasteiger partial charge in [-0.15, -0.1) is 0 Å². The van der Waals surface area contributed by atoms with Gasteiger partial charge in [0.1, 0.15) is 0 Å². The average molecular weight is 222 g/mol. The zero-order chi connectivity index (χ0) is 11.1. The molecule has 0 aromatic heterocycles. The first-order valence-electron chi connectivity index (χ1n) is 6.80. The molecule has 0 heterocycles. The van der Waals surface area contributed by atoms with Crippen molar-refractivity contribution in [2.45, 2.75) is 57.0 Å². The van der Waals surface area contributed by atoms with Crippen LogP contribution in [0.3, 0.4) is 0 Å². The van der Waals surface area contributed by atoms with Crippen molar-refractivity contribution in [2.75, 3.05) is 6.54 Å². The van der Waals surface area contributed by atoms with E-state index in [1.165, 1.54) is 25.7 Å². The number of hydrogen-bond donors (Lipinski definition) is 1. The molecular weight excluding hydrogens is 200 g/mol. The molecule has 3 nitrogen and oxygen atoms in total. The Hall–Kier alpha value is -0.570. The van der Waals surface area contributed by atoms with Crippen LogP contribution in [0.15, 0.2) is 0 Å². The smallest absolute Gasteiger partial charge is 0.225 e. The molecule has 0 aromatic rings. The SMILES string of the molecule is NC1CCC(C(=O)N(CC2CC2)C2CC2)C1. The summed E-state index contributed by atoms with van der Waals surface area (Å²) in [5.74, 6) is 1.48. The summed E-state index contributed by atoms with van der Waals surface area (Å²) < 4.78 is 0. The number of nitrogens with zero attached hydrogens (tertiary/aromatic N) is 1. The van der Waals surface area contributed by atoms with Crippen LogP contribution in [0, 0.1) is 11.8 Å². The zero-order valence-corrected chi connectivity index (χ0v) is 9.90. The Balaban J connectivity index is 1.60. The van der Waals surface area contributed by atoms with E-state index in [0.717, 1.165) is 31.7 Å². The molecule has 0 saturated heterocycles. The van der Waals surface area contributed by atoms with Crippen molar-refractivity contribution >= 4 is 5.91 Å². The summed E-state index contributed by atoms with van der Waals surface area (Å²) in [7, 11) is 0. The first-order chi connectivity index (χ1) is 7.74. The van der Waals surface area contributed by atoms with Gasteiger partial charge in [0.25, 0.3) is 0 Å². The molecule has 3 saturated carbocycles. The molecule has 3 aliphatic rings. The highest BCUT2D eigenvalue weighted by Crippen LogP contribution is 2.37. The molecular formula is C13H22N2O. The molecule has 1 amide bonds. The van der Waals surface area contributed by atoms with Crippen LogP contribution in [0.2, 0.25) is 0 Å². The standard InChI is InChI=1S/C13H22N2O/c14-11-4-3-10(7-11)13(16)15(12-5-6-12)8-9-1-2-9/h9-12H,1-8,14H2. The molecule has 0 aromatic carbocycles. The van der Waals surface area contributed by atoms with E-state index in [0.29, 0.717) is 11.9 Å². The highest BCUT2D eigenvalue weighted by Gasteiger charge is 2.40. The fourth-order valence-electron chi connectivity index (χ4n) is 2.86. The van der Waals surface area contributed by atoms with Crippen LogP contribution in [-0.4, -0.2) is 29.4 Å². The molecule has 3 fully saturated rings. The van der Waals surface area contributed by atoms with Gasteiger partial charge in [-0.3, -0.25) is 4.79 Å². The number of nitrogens with two attached hydrogens (primary N) is 1. The van der Waals surface area contributed by atoms with E-state index in [9.17, 15) is 4.79 Å². The van der Waals surface area contributed by atoms with E-state index >= 15 is 0 Å². The maximum absolute atomic E-state index is 12.4. The Morgan fingerprint density at radius 3 is 2.38 bits per heavy atom. The van der Waals surface area contributed by atoms with Gasteiger partial charge in [-0.1, -0.05) is 0 Å². The summed E-state index contributed by atoms with van der Waals surface area (Å²) in [6, 6.07) is 0.862. The molecule has 3 aliphatic carbocycles. The number of carbonyl (C=O) groups is 1. The van der Waals surface area contributed by atoms with Crippen LogP contribution in [0.1, 0.15) is 44.9 Å². The van der Waals surface area contributed by atoms with Crippen LogP contribution in [0.5, 0.6) is 0 Å². The Morgan fingerprint density at radius 1 is 1.12 bits per heavy atom. The van der Waals surface area contributed by atoms with Crippen molar-refractivity contribution in [2.24, 2.45) is 17.6 Å². The van der Waals surface area contributed by atoms with E-state index in [1.54, 1.807) is 0 Å². The minimum absolute atomic E-state index is 0.245. The van der Waals surface area contributed by atoms with Crippen molar-refractivity contribution in [3.8, 4) is 0 Å². The zero-order valence-electron chi connectivity index (χ0n) is 9.90. The largest absolute Gasteiger partial charge is 0.339 e.